The van der Waals surface area contributed by atoms with E-state index in [2.05, 4.69) is 47.0 Å². The number of rotatable bonds is 8. The lowest BCUT2D eigenvalue weighted by atomic mass is 9.79. The summed E-state index contributed by atoms with van der Waals surface area (Å²) in [5.74, 6) is 1.86. The maximum absolute atomic E-state index is 10.6. The average molecular weight is 469 g/mol. The molecule has 0 spiro atoms. The van der Waals surface area contributed by atoms with Gasteiger partial charge in [-0.25, -0.2) is 0 Å². The average Bonchev–Trinajstić information content (AvgIpc) is 3.02. The number of halogens is 1. The van der Waals surface area contributed by atoms with Gasteiger partial charge >= 0.3 is 0 Å². The summed E-state index contributed by atoms with van der Waals surface area (Å²) in [5.41, 5.74) is -0.614. The minimum absolute atomic E-state index is 0. The van der Waals surface area contributed by atoms with E-state index in [9.17, 15) is 5.11 Å². The number of nitrogens with one attached hydrogen (secondary N) is 2. The van der Waals surface area contributed by atoms with Gasteiger partial charge in [0.1, 0.15) is 0 Å². The van der Waals surface area contributed by atoms with Gasteiger partial charge in [0.15, 0.2) is 5.96 Å². The standard InChI is InChI=1S/C16H27N3OS2.HI/c1-3-17-15(18-10-8-13-6-5-11-22-13)19-12-16(20)9-7-14(16)21-4-2;/h5-6,11,14,20H,3-4,7-10,12H2,1-2H3,(H2,17,18,19);1H. The maximum Gasteiger partial charge on any atom is 0.191 e. The number of nitrogens with zero attached hydrogens (tertiary/aromatic N) is 1. The molecule has 0 bridgehead atoms. The molecular weight excluding hydrogens is 441 g/mol. The molecule has 1 aromatic heterocycles. The van der Waals surface area contributed by atoms with Crippen molar-refractivity contribution in [2.45, 2.75) is 44.0 Å². The summed E-state index contributed by atoms with van der Waals surface area (Å²) in [6, 6.07) is 4.23. The summed E-state index contributed by atoms with van der Waals surface area (Å²) >= 11 is 3.63. The third kappa shape index (κ3) is 6.43. The van der Waals surface area contributed by atoms with Gasteiger partial charge in [-0.2, -0.15) is 11.8 Å². The highest BCUT2D eigenvalue weighted by Crippen LogP contribution is 2.41. The van der Waals surface area contributed by atoms with Crippen molar-refractivity contribution in [1.29, 1.82) is 0 Å². The van der Waals surface area contributed by atoms with E-state index in [0.717, 1.165) is 44.1 Å². The largest absolute Gasteiger partial charge is 0.387 e. The molecule has 0 aromatic carbocycles. The summed E-state index contributed by atoms with van der Waals surface area (Å²) in [6.07, 6.45) is 2.97. The zero-order valence-electron chi connectivity index (χ0n) is 13.9. The molecule has 23 heavy (non-hydrogen) atoms. The van der Waals surface area contributed by atoms with Crippen LogP contribution in [0.25, 0.3) is 0 Å². The SMILES string of the molecule is CCNC(=NCC1(O)CCC1SCC)NCCc1cccs1.I. The molecule has 2 rings (SSSR count). The molecule has 0 aliphatic heterocycles. The van der Waals surface area contributed by atoms with Crippen LogP contribution in [0.15, 0.2) is 22.5 Å². The van der Waals surface area contributed by atoms with Gasteiger partial charge in [0, 0.05) is 23.2 Å². The van der Waals surface area contributed by atoms with Crippen molar-refractivity contribution in [2.24, 2.45) is 4.99 Å². The Balaban J connectivity index is 0.00000264. The first kappa shape index (κ1) is 21.1. The number of hydrogen-bond acceptors (Lipinski definition) is 4. The quantitative estimate of drug-likeness (QED) is 0.311. The molecule has 0 saturated heterocycles. The van der Waals surface area contributed by atoms with Gasteiger partial charge in [-0.3, -0.25) is 4.99 Å². The molecule has 0 amide bonds. The second-order valence-corrected chi connectivity index (χ2v) is 8.05. The number of thioether (sulfide) groups is 1. The van der Waals surface area contributed by atoms with Gasteiger partial charge in [-0.1, -0.05) is 13.0 Å². The third-order valence-corrected chi connectivity index (χ3v) is 6.25. The molecule has 7 heteroatoms. The van der Waals surface area contributed by atoms with Crippen LogP contribution in [0.3, 0.4) is 0 Å². The lowest BCUT2D eigenvalue weighted by Crippen LogP contribution is -2.53. The molecule has 2 unspecified atom stereocenters. The van der Waals surface area contributed by atoms with Crippen LogP contribution >= 0.6 is 47.1 Å². The van der Waals surface area contributed by atoms with E-state index in [0.29, 0.717) is 11.8 Å². The summed E-state index contributed by atoms with van der Waals surface area (Å²) in [5, 5.41) is 19.7. The predicted octanol–water partition coefficient (Wildman–Crippen LogP) is 3.11. The monoisotopic (exact) mass is 469 g/mol. The summed E-state index contributed by atoms with van der Waals surface area (Å²) in [4.78, 5) is 5.97. The minimum atomic E-state index is -0.614. The van der Waals surface area contributed by atoms with Gasteiger partial charge in [0.25, 0.3) is 0 Å². The van der Waals surface area contributed by atoms with E-state index in [1.807, 2.05) is 11.8 Å². The van der Waals surface area contributed by atoms with Crippen LogP contribution in [0, 0.1) is 0 Å². The fourth-order valence-electron chi connectivity index (χ4n) is 2.53. The highest BCUT2D eigenvalue weighted by atomic mass is 127. The van der Waals surface area contributed by atoms with E-state index in [1.165, 1.54) is 4.88 Å². The second-order valence-electron chi connectivity index (χ2n) is 5.54. The molecule has 1 heterocycles. The van der Waals surface area contributed by atoms with E-state index >= 15 is 0 Å². The fourth-order valence-corrected chi connectivity index (χ4v) is 4.43. The van der Waals surface area contributed by atoms with Crippen molar-refractivity contribution in [3.05, 3.63) is 22.4 Å². The molecule has 2 atom stereocenters. The first-order valence-electron chi connectivity index (χ1n) is 8.06. The van der Waals surface area contributed by atoms with Crippen LogP contribution in [0.4, 0.5) is 0 Å². The summed E-state index contributed by atoms with van der Waals surface area (Å²) in [7, 11) is 0. The van der Waals surface area contributed by atoms with Gasteiger partial charge in [0.2, 0.25) is 0 Å². The van der Waals surface area contributed by atoms with Crippen LogP contribution in [-0.2, 0) is 6.42 Å². The fraction of sp³-hybridized carbons (Fsp3) is 0.688. The van der Waals surface area contributed by atoms with E-state index in [1.54, 1.807) is 11.3 Å². The first-order valence-corrected chi connectivity index (χ1v) is 9.99. The van der Waals surface area contributed by atoms with E-state index < -0.39 is 5.60 Å². The number of thiophene rings is 1. The second kappa shape index (κ2) is 10.8. The van der Waals surface area contributed by atoms with E-state index in [-0.39, 0.29) is 24.0 Å². The Kier molecular flexibility index (Phi) is 9.87. The Morgan fingerprint density at radius 1 is 1.48 bits per heavy atom. The van der Waals surface area contributed by atoms with Crippen LogP contribution in [0.2, 0.25) is 0 Å². The third-order valence-electron chi connectivity index (χ3n) is 3.91. The van der Waals surface area contributed by atoms with Gasteiger partial charge in [0.05, 0.1) is 12.1 Å². The predicted molar refractivity (Wildman–Crippen MR) is 114 cm³/mol. The van der Waals surface area contributed by atoms with Crippen LogP contribution < -0.4 is 10.6 Å². The van der Waals surface area contributed by atoms with E-state index in [4.69, 9.17) is 0 Å². The zero-order chi connectivity index (χ0) is 15.8. The smallest absolute Gasteiger partial charge is 0.191 e. The number of aliphatic imine (C=N–C) groups is 1. The lowest BCUT2D eigenvalue weighted by Gasteiger charge is -2.44. The van der Waals surface area contributed by atoms with Gasteiger partial charge < -0.3 is 15.7 Å². The van der Waals surface area contributed by atoms with Crippen LogP contribution in [0.1, 0.15) is 31.6 Å². The van der Waals surface area contributed by atoms with Gasteiger partial charge in [-0.05, 0) is 43.4 Å². The summed E-state index contributed by atoms with van der Waals surface area (Å²) < 4.78 is 0. The Morgan fingerprint density at radius 3 is 2.87 bits per heavy atom. The Morgan fingerprint density at radius 2 is 2.30 bits per heavy atom. The first-order chi connectivity index (χ1) is 10.7. The van der Waals surface area contributed by atoms with Crippen molar-refractivity contribution >= 4 is 53.0 Å². The molecule has 4 nitrogen and oxygen atoms in total. The van der Waals surface area contributed by atoms with Crippen LogP contribution in [-0.4, -0.2) is 47.3 Å². The number of guanidine groups is 1. The maximum atomic E-state index is 10.6. The zero-order valence-corrected chi connectivity index (χ0v) is 17.8. The lowest BCUT2D eigenvalue weighted by molar-refractivity contribution is -0.0154. The molecule has 0 radical (unpaired) electrons. The molecule has 3 N–H and O–H groups in total. The highest BCUT2D eigenvalue weighted by Gasteiger charge is 2.45. The van der Waals surface area contributed by atoms with Crippen molar-refractivity contribution < 1.29 is 5.11 Å². The molecular formula is C16H28IN3OS2. The minimum Gasteiger partial charge on any atom is -0.387 e. The topological polar surface area (TPSA) is 56.7 Å². The molecule has 132 valence electrons. The van der Waals surface area contributed by atoms with Gasteiger partial charge in [-0.15, -0.1) is 35.3 Å². The Hall–Kier alpha value is 0.01000. The van der Waals surface area contributed by atoms with Crippen molar-refractivity contribution in [1.82, 2.24) is 10.6 Å². The number of hydrogen-bond donors (Lipinski definition) is 3. The Labute approximate surface area is 165 Å². The number of aliphatic hydroxyl groups is 1. The normalized spacial score (nSPS) is 23.8. The molecule has 1 aliphatic rings. The molecule has 1 aliphatic carbocycles. The molecule has 1 fully saturated rings. The molecule has 1 aromatic rings. The van der Waals surface area contributed by atoms with Crippen molar-refractivity contribution in [3.63, 3.8) is 0 Å². The highest BCUT2D eigenvalue weighted by molar-refractivity contribution is 14.0. The Bertz CT molecular complexity index is 470. The summed E-state index contributed by atoms with van der Waals surface area (Å²) in [6.45, 7) is 6.38. The molecule has 1 saturated carbocycles. The van der Waals surface area contributed by atoms with Crippen molar-refractivity contribution in [3.8, 4) is 0 Å². The van der Waals surface area contributed by atoms with Crippen molar-refractivity contribution in [2.75, 3.05) is 25.4 Å². The van der Waals surface area contributed by atoms with Crippen LogP contribution in [0.5, 0.6) is 0 Å².